The number of benzene rings is 1. The lowest BCUT2D eigenvalue weighted by molar-refractivity contribution is -0.143. The third-order valence-electron chi connectivity index (χ3n) is 4.00. The Balaban J connectivity index is 2.52. The number of ether oxygens (including phenoxy) is 1. The number of anilines is 1. The lowest BCUT2D eigenvalue weighted by atomic mass is 10.1. The molecule has 0 N–H and O–H groups in total. The van der Waals surface area contributed by atoms with Crippen LogP contribution in [0.5, 0.6) is 0 Å². The second-order valence-electron chi connectivity index (χ2n) is 5.91. The van der Waals surface area contributed by atoms with Crippen molar-refractivity contribution in [1.82, 2.24) is 9.55 Å². The second-order valence-corrected chi connectivity index (χ2v) is 6.71. The van der Waals surface area contributed by atoms with Gasteiger partial charge in [-0.3, -0.25) is 9.59 Å². The zero-order chi connectivity index (χ0) is 19.0. The van der Waals surface area contributed by atoms with Gasteiger partial charge in [0.25, 0.3) is 0 Å². The molecular weight excluding hydrogens is 377 g/mol. The van der Waals surface area contributed by atoms with Gasteiger partial charge in [0.05, 0.1) is 28.2 Å². The van der Waals surface area contributed by atoms with E-state index in [-0.39, 0.29) is 23.7 Å². The topological polar surface area (TPSA) is 64.4 Å². The van der Waals surface area contributed by atoms with Crippen LogP contribution in [0.15, 0.2) is 29.1 Å². The van der Waals surface area contributed by atoms with Crippen molar-refractivity contribution in [2.45, 2.75) is 13.5 Å². The Labute approximate surface area is 159 Å². The highest BCUT2D eigenvalue weighted by Crippen LogP contribution is 2.33. The molecular formula is C18H17Cl2N3O3. The summed E-state index contributed by atoms with van der Waals surface area (Å²) in [4.78, 5) is 31.3. The molecule has 0 fully saturated rings. The molecule has 3 aromatic rings. The highest BCUT2D eigenvalue weighted by atomic mass is 35.5. The van der Waals surface area contributed by atoms with Crippen molar-refractivity contribution in [2.24, 2.45) is 0 Å². The van der Waals surface area contributed by atoms with Gasteiger partial charge >= 0.3 is 5.97 Å². The Kier molecular flexibility index (Phi) is 5.07. The summed E-state index contributed by atoms with van der Waals surface area (Å²) < 4.78 is 6.73. The molecule has 0 atom stereocenters. The van der Waals surface area contributed by atoms with Crippen LogP contribution < -0.4 is 10.3 Å². The van der Waals surface area contributed by atoms with Gasteiger partial charge in [-0.2, -0.15) is 0 Å². The summed E-state index contributed by atoms with van der Waals surface area (Å²) in [6.07, 6.45) is 0. The van der Waals surface area contributed by atoms with E-state index in [1.807, 2.05) is 14.1 Å². The summed E-state index contributed by atoms with van der Waals surface area (Å²) in [7, 11) is 3.63. The third-order valence-corrected chi connectivity index (χ3v) is 4.51. The largest absolute Gasteiger partial charge is 0.465 e. The fourth-order valence-electron chi connectivity index (χ4n) is 2.99. The van der Waals surface area contributed by atoms with Gasteiger partial charge in [-0.05, 0) is 31.2 Å². The first-order valence-corrected chi connectivity index (χ1v) is 8.75. The van der Waals surface area contributed by atoms with Gasteiger partial charge in [0.15, 0.2) is 5.43 Å². The molecule has 0 radical (unpaired) electrons. The molecule has 2 heterocycles. The Bertz CT molecular complexity index is 1080. The number of pyridine rings is 2. The van der Waals surface area contributed by atoms with Gasteiger partial charge in [-0.25, -0.2) is 4.98 Å². The number of nitrogens with zero attached hydrogens (tertiary/aromatic N) is 3. The highest BCUT2D eigenvalue weighted by molar-refractivity contribution is 6.35. The first-order valence-electron chi connectivity index (χ1n) is 7.99. The monoisotopic (exact) mass is 393 g/mol. The number of hydrogen-bond acceptors (Lipinski definition) is 5. The van der Waals surface area contributed by atoms with Gasteiger partial charge in [-0.15, -0.1) is 0 Å². The van der Waals surface area contributed by atoms with E-state index in [0.717, 1.165) is 0 Å². The van der Waals surface area contributed by atoms with Crippen LogP contribution >= 0.6 is 23.2 Å². The average Bonchev–Trinajstić information content (AvgIpc) is 2.58. The van der Waals surface area contributed by atoms with Crippen LogP contribution in [0.1, 0.15) is 6.92 Å². The molecule has 0 saturated heterocycles. The number of esters is 1. The van der Waals surface area contributed by atoms with Gasteiger partial charge in [0.1, 0.15) is 17.3 Å². The zero-order valence-corrected chi connectivity index (χ0v) is 16.1. The maximum Gasteiger partial charge on any atom is 0.326 e. The fraction of sp³-hybridized carbons (Fsp3) is 0.278. The molecule has 3 rings (SSSR count). The quantitative estimate of drug-likeness (QED) is 0.385. The Morgan fingerprint density at radius 2 is 1.88 bits per heavy atom. The molecule has 0 aliphatic carbocycles. The van der Waals surface area contributed by atoms with Crippen LogP contribution in [0.2, 0.25) is 10.2 Å². The lowest BCUT2D eigenvalue weighted by Gasteiger charge is -2.21. The van der Waals surface area contributed by atoms with Crippen molar-refractivity contribution < 1.29 is 9.53 Å². The summed E-state index contributed by atoms with van der Waals surface area (Å²) in [5.41, 5.74) is 1.25. The van der Waals surface area contributed by atoms with Crippen molar-refractivity contribution in [3.63, 3.8) is 0 Å². The molecule has 8 heteroatoms. The smallest absolute Gasteiger partial charge is 0.326 e. The van der Waals surface area contributed by atoms with Gasteiger partial charge in [-0.1, -0.05) is 23.2 Å². The summed E-state index contributed by atoms with van der Waals surface area (Å²) in [5, 5.41) is 1.50. The molecule has 0 aliphatic heterocycles. The summed E-state index contributed by atoms with van der Waals surface area (Å²) in [6, 6.07) is 6.49. The molecule has 0 spiro atoms. The van der Waals surface area contributed by atoms with E-state index in [1.54, 1.807) is 40.7 Å². The number of hydrogen-bond donors (Lipinski definition) is 0. The van der Waals surface area contributed by atoms with Crippen LogP contribution in [0.3, 0.4) is 0 Å². The molecule has 0 bridgehead atoms. The van der Waals surface area contributed by atoms with Crippen molar-refractivity contribution in [3.8, 4) is 0 Å². The predicted octanol–water partition coefficient (Wildman–Crippen LogP) is 3.49. The number of carbonyl (C=O) groups excluding carboxylic acids is 1. The van der Waals surface area contributed by atoms with Crippen LogP contribution in [0.25, 0.3) is 21.9 Å². The van der Waals surface area contributed by atoms with Crippen molar-refractivity contribution in [2.75, 3.05) is 25.6 Å². The predicted molar refractivity (Wildman–Crippen MR) is 104 cm³/mol. The third kappa shape index (κ3) is 3.10. The summed E-state index contributed by atoms with van der Waals surface area (Å²) >= 11 is 12.4. The van der Waals surface area contributed by atoms with E-state index >= 15 is 0 Å². The molecule has 0 aliphatic rings. The number of aromatic nitrogens is 2. The highest BCUT2D eigenvalue weighted by Gasteiger charge is 2.20. The van der Waals surface area contributed by atoms with E-state index < -0.39 is 5.97 Å². The van der Waals surface area contributed by atoms with Gasteiger partial charge in [0.2, 0.25) is 0 Å². The minimum atomic E-state index is -0.440. The molecule has 1 aromatic carbocycles. The molecule has 136 valence electrons. The minimum absolute atomic E-state index is 0.115. The van der Waals surface area contributed by atoms with Crippen LogP contribution in [0.4, 0.5) is 5.69 Å². The summed E-state index contributed by atoms with van der Waals surface area (Å²) in [6.45, 7) is 1.87. The zero-order valence-electron chi connectivity index (χ0n) is 14.5. The molecule has 2 aromatic heterocycles. The molecule has 0 unspecified atom stereocenters. The molecule has 0 saturated carbocycles. The van der Waals surface area contributed by atoms with Crippen LogP contribution in [-0.2, 0) is 16.1 Å². The van der Waals surface area contributed by atoms with Gasteiger partial charge < -0.3 is 14.2 Å². The summed E-state index contributed by atoms with van der Waals surface area (Å²) in [5.74, 6) is -0.440. The number of rotatable bonds is 4. The Hall–Kier alpha value is -2.31. The van der Waals surface area contributed by atoms with E-state index in [2.05, 4.69) is 4.98 Å². The Morgan fingerprint density at radius 1 is 1.19 bits per heavy atom. The van der Waals surface area contributed by atoms with Crippen molar-refractivity contribution in [1.29, 1.82) is 0 Å². The molecule has 26 heavy (non-hydrogen) atoms. The first kappa shape index (κ1) is 18.5. The number of fused-ring (bicyclic) bond motifs is 2. The molecule has 6 nitrogen and oxygen atoms in total. The van der Waals surface area contributed by atoms with E-state index in [1.165, 1.54) is 0 Å². The Morgan fingerprint density at radius 3 is 2.54 bits per heavy atom. The SMILES string of the molecule is CCOC(=O)Cn1c2nc(Cl)ccc2c(=O)c2ccc(Cl)c(N(C)C)c21. The van der Waals surface area contributed by atoms with E-state index in [9.17, 15) is 9.59 Å². The normalized spacial score (nSPS) is 11.1. The van der Waals surface area contributed by atoms with E-state index in [4.69, 9.17) is 27.9 Å². The maximum absolute atomic E-state index is 13.0. The van der Waals surface area contributed by atoms with Crippen LogP contribution in [-0.4, -0.2) is 36.2 Å². The van der Waals surface area contributed by atoms with E-state index in [0.29, 0.717) is 32.6 Å². The lowest BCUT2D eigenvalue weighted by Crippen LogP contribution is -2.21. The van der Waals surface area contributed by atoms with Crippen molar-refractivity contribution in [3.05, 3.63) is 44.7 Å². The fourth-order valence-corrected chi connectivity index (χ4v) is 3.45. The molecule has 0 amide bonds. The van der Waals surface area contributed by atoms with Crippen molar-refractivity contribution >= 4 is 56.8 Å². The minimum Gasteiger partial charge on any atom is -0.465 e. The standard InChI is InChI=1S/C18H17Cl2N3O3/c1-4-26-14(24)9-23-15-10(5-7-12(19)16(15)22(2)3)17(25)11-6-8-13(20)21-18(11)23/h5-8H,4,9H2,1-3H3. The first-order chi connectivity index (χ1) is 12.3. The number of halogens is 2. The average molecular weight is 394 g/mol. The number of carbonyl (C=O) groups is 1. The van der Waals surface area contributed by atoms with Crippen LogP contribution in [0, 0.1) is 0 Å². The van der Waals surface area contributed by atoms with Gasteiger partial charge in [0, 0.05) is 19.5 Å². The maximum atomic E-state index is 13.0. The second kappa shape index (κ2) is 7.13.